The first-order valence-corrected chi connectivity index (χ1v) is 12.8. The van der Waals surface area contributed by atoms with E-state index in [0.717, 1.165) is 26.1 Å². The zero-order valence-electron chi connectivity index (χ0n) is 19.8. The molecule has 0 heterocycles. The van der Waals surface area contributed by atoms with E-state index in [1.807, 2.05) is 0 Å². The van der Waals surface area contributed by atoms with Gasteiger partial charge in [0.25, 0.3) is 0 Å². The molecular weight excluding hydrogens is 372 g/mol. The second-order valence-corrected chi connectivity index (χ2v) is 11.4. The van der Waals surface area contributed by atoms with E-state index < -0.39 is 12.2 Å². The Morgan fingerprint density at radius 1 is 0.967 bits per heavy atom. The van der Waals surface area contributed by atoms with Gasteiger partial charge in [0.2, 0.25) is 0 Å². The molecule has 0 aromatic heterocycles. The van der Waals surface area contributed by atoms with Crippen molar-refractivity contribution in [3.8, 4) is 0 Å². The second kappa shape index (κ2) is 8.84. The van der Waals surface area contributed by atoms with Gasteiger partial charge in [-0.2, -0.15) is 0 Å². The molecular formula is C26H46N2O2. The van der Waals surface area contributed by atoms with Crippen molar-refractivity contribution in [3.05, 3.63) is 11.6 Å². The average molecular weight is 419 g/mol. The Kier molecular flexibility index (Phi) is 6.71. The molecule has 4 fully saturated rings. The SMILES string of the molecule is C/C=C1\CCC2C3C(O)C(O)C4CC(NCCNCCC)CCC4(C)C3CCC12C. The lowest BCUT2D eigenvalue weighted by atomic mass is 9.43. The summed E-state index contributed by atoms with van der Waals surface area (Å²) in [5, 5.41) is 30.0. The van der Waals surface area contributed by atoms with Crippen molar-refractivity contribution in [2.24, 2.45) is 34.5 Å². The quantitative estimate of drug-likeness (QED) is 0.390. The van der Waals surface area contributed by atoms with E-state index in [2.05, 4.69) is 44.4 Å². The minimum atomic E-state index is -0.573. The summed E-state index contributed by atoms with van der Waals surface area (Å²) < 4.78 is 0. The van der Waals surface area contributed by atoms with Crippen molar-refractivity contribution >= 4 is 0 Å². The van der Waals surface area contributed by atoms with Crippen molar-refractivity contribution in [2.45, 2.75) is 97.3 Å². The van der Waals surface area contributed by atoms with Crippen molar-refractivity contribution < 1.29 is 10.2 Å². The van der Waals surface area contributed by atoms with Gasteiger partial charge < -0.3 is 20.8 Å². The smallest absolute Gasteiger partial charge is 0.0836 e. The maximum atomic E-state index is 11.4. The number of rotatable bonds is 6. The number of hydrogen-bond donors (Lipinski definition) is 4. The molecule has 30 heavy (non-hydrogen) atoms. The van der Waals surface area contributed by atoms with Gasteiger partial charge in [0, 0.05) is 19.1 Å². The van der Waals surface area contributed by atoms with Crippen LogP contribution in [0.4, 0.5) is 0 Å². The number of nitrogens with one attached hydrogen (secondary N) is 2. The molecule has 4 aliphatic rings. The zero-order valence-corrected chi connectivity index (χ0v) is 19.8. The van der Waals surface area contributed by atoms with Gasteiger partial charge in [0.1, 0.15) is 0 Å². The van der Waals surface area contributed by atoms with Crippen molar-refractivity contribution in [3.63, 3.8) is 0 Å². The normalized spacial score (nSPS) is 49.5. The van der Waals surface area contributed by atoms with E-state index in [-0.39, 0.29) is 22.7 Å². The molecule has 4 rings (SSSR count). The van der Waals surface area contributed by atoms with Crippen LogP contribution in [0.25, 0.3) is 0 Å². The van der Waals surface area contributed by atoms with Gasteiger partial charge in [-0.1, -0.05) is 32.4 Å². The predicted octanol–water partition coefficient (Wildman–Crippen LogP) is 3.87. The number of hydrogen-bond acceptors (Lipinski definition) is 4. The molecule has 0 saturated heterocycles. The van der Waals surface area contributed by atoms with Crippen LogP contribution in [0.15, 0.2) is 11.6 Å². The lowest BCUT2D eigenvalue weighted by molar-refractivity contribution is -0.211. The zero-order chi connectivity index (χ0) is 21.5. The Labute approximate surface area is 184 Å². The first kappa shape index (κ1) is 22.8. The third-order valence-corrected chi connectivity index (χ3v) is 10.1. The Morgan fingerprint density at radius 3 is 2.50 bits per heavy atom. The Bertz CT molecular complexity index is 637. The highest BCUT2D eigenvalue weighted by Gasteiger charge is 2.64. The molecule has 4 aliphatic carbocycles. The van der Waals surface area contributed by atoms with Gasteiger partial charge in [-0.3, -0.25) is 0 Å². The average Bonchev–Trinajstić information content (AvgIpc) is 3.08. The minimum Gasteiger partial charge on any atom is -0.390 e. The summed E-state index contributed by atoms with van der Waals surface area (Å²) in [5.74, 6) is 1.57. The highest BCUT2D eigenvalue weighted by Crippen LogP contribution is 2.67. The maximum absolute atomic E-state index is 11.4. The Hall–Kier alpha value is -0.420. The first-order valence-electron chi connectivity index (χ1n) is 12.8. The summed E-state index contributed by atoms with van der Waals surface area (Å²) in [5.41, 5.74) is 2.01. The van der Waals surface area contributed by atoms with Crippen LogP contribution in [0.1, 0.15) is 79.1 Å². The number of allylic oxidation sites excluding steroid dienone is 2. The fraction of sp³-hybridized carbons (Fsp3) is 0.923. The first-order chi connectivity index (χ1) is 14.4. The van der Waals surface area contributed by atoms with Crippen molar-refractivity contribution in [1.29, 1.82) is 0 Å². The summed E-state index contributed by atoms with van der Waals surface area (Å²) in [6.45, 7) is 12.4. The third-order valence-electron chi connectivity index (χ3n) is 10.1. The molecule has 9 atom stereocenters. The molecule has 4 N–H and O–H groups in total. The fourth-order valence-corrected chi connectivity index (χ4v) is 8.44. The minimum absolute atomic E-state index is 0.169. The van der Waals surface area contributed by atoms with Crippen LogP contribution in [0.5, 0.6) is 0 Å². The molecule has 0 amide bonds. The molecule has 0 bridgehead atoms. The predicted molar refractivity (Wildman–Crippen MR) is 123 cm³/mol. The van der Waals surface area contributed by atoms with E-state index in [9.17, 15) is 10.2 Å². The van der Waals surface area contributed by atoms with E-state index >= 15 is 0 Å². The lowest BCUT2D eigenvalue weighted by Crippen LogP contribution is -2.64. The van der Waals surface area contributed by atoms with Crippen LogP contribution in [0, 0.1) is 34.5 Å². The van der Waals surface area contributed by atoms with E-state index in [1.54, 1.807) is 5.57 Å². The number of aliphatic hydroxyl groups excluding tert-OH is 2. The van der Waals surface area contributed by atoms with Crippen LogP contribution >= 0.6 is 0 Å². The standard InChI is InChI=1S/C26H46N2O2/c1-5-13-27-14-15-28-18-9-11-26(4)20-10-12-25(3)17(6-2)7-8-19(25)22(20)24(30)23(29)21(26)16-18/h6,18-24,27-30H,5,7-16H2,1-4H3/b17-6+. The van der Waals surface area contributed by atoms with Gasteiger partial charge in [-0.25, -0.2) is 0 Å². The van der Waals surface area contributed by atoms with Gasteiger partial charge in [0.05, 0.1) is 12.2 Å². The van der Waals surface area contributed by atoms with Crippen molar-refractivity contribution in [2.75, 3.05) is 19.6 Å². The van der Waals surface area contributed by atoms with E-state index in [0.29, 0.717) is 17.9 Å². The summed E-state index contributed by atoms with van der Waals surface area (Å²) >= 11 is 0. The van der Waals surface area contributed by atoms with Crippen LogP contribution in [0.3, 0.4) is 0 Å². The van der Waals surface area contributed by atoms with Gasteiger partial charge in [0.15, 0.2) is 0 Å². The maximum Gasteiger partial charge on any atom is 0.0836 e. The molecule has 0 aromatic rings. The highest BCUT2D eigenvalue weighted by atomic mass is 16.3. The molecule has 9 unspecified atom stereocenters. The second-order valence-electron chi connectivity index (χ2n) is 11.4. The monoisotopic (exact) mass is 418 g/mol. The topological polar surface area (TPSA) is 64.5 Å². The van der Waals surface area contributed by atoms with Gasteiger partial charge >= 0.3 is 0 Å². The van der Waals surface area contributed by atoms with Crippen molar-refractivity contribution in [1.82, 2.24) is 10.6 Å². The summed E-state index contributed by atoms with van der Waals surface area (Å²) in [6, 6.07) is 0.472. The van der Waals surface area contributed by atoms with Crippen LogP contribution in [0.2, 0.25) is 0 Å². The van der Waals surface area contributed by atoms with Gasteiger partial charge in [-0.15, -0.1) is 0 Å². The largest absolute Gasteiger partial charge is 0.390 e. The van der Waals surface area contributed by atoms with Gasteiger partial charge in [-0.05, 0) is 99.3 Å². The molecule has 4 nitrogen and oxygen atoms in total. The number of fused-ring (bicyclic) bond motifs is 5. The molecule has 0 aliphatic heterocycles. The Morgan fingerprint density at radius 2 is 1.77 bits per heavy atom. The Balaban J connectivity index is 1.48. The third kappa shape index (κ3) is 3.60. The molecule has 4 saturated carbocycles. The molecule has 4 heteroatoms. The molecule has 0 spiro atoms. The van der Waals surface area contributed by atoms with Crippen LogP contribution < -0.4 is 10.6 Å². The number of aliphatic hydroxyl groups is 2. The summed E-state index contributed by atoms with van der Waals surface area (Å²) in [6.07, 6.45) is 10.6. The van der Waals surface area contributed by atoms with Crippen LogP contribution in [-0.4, -0.2) is 48.1 Å². The molecule has 0 radical (unpaired) electrons. The van der Waals surface area contributed by atoms with Crippen LogP contribution in [-0.2, 0) is 0 Å². The highest BCUT2D eigenvalue weighted by molar-refractivity contribution is 5.25. The lowest BCUT2D eigenvalue weighted by Gasteiger charge is -2.63. The van der Waals surface area contributed by atoms with E-state index in [1.165, 1.54) is 44.9 Å². The summed E-state index contributed by atoms with van der Waals surface area (Å²) in [4.78, 5) is 0. The summed E-state index contributed by atoms with van der Waals surface area (Å²) in [7, 11) is 0. The molecule has 172 valence electrons. The molecule has 0 aromatic carbocycles. The van der Waals surface area contributed by atoms with E-state index in [4.69, 9.17) is 0 Å². The fourth-order valence-electron chi connectivity index (χ4n) is 8.44.